The van der Waals surface area contributed by atoms with Crippen LogP contribution in [0.3, 0.4) is 0 Å². The quantitative estimate of drug-likeness (QED) is 0.659. The molecule has 0 spiro atoms. The molecule has 1 aliphatic rings. The van der Waals surface area contributed by atoms with E-state index in [1.54, 1.807) is 0 Å². The van der Waals surface area contributed by atoms with Crippen LogP contribution in [-0.4, -0.2) is 62.0 Å². The van der Waals surface area contributed by atoms with E-state index in [0.717, 1.165) is 39.1 Å². The third-order valence-electron chi connectivity index (χ3n) is 3.21. The van der Waals surface area contributed by atoms with E-state index >= 15 is 0 Å². The smallest absolute Gasteiger partial charge is 0.0622 e. The van der Waals surface area contributed by atoms with E-state index in [2.05, 4.69) is 17.1 Å². The fourth-order valence-electron chi connectivity index (χ4n) is 2.01. The van der Waals surface area contributed by atoms with Gasteiger partial charge in [-0.05, 0) is 19.9 Å². The molecule has 0 aliphatic carbocycles. The molecule has 2 N–H and O–H groups in total. The Morgan fingerprint density at radius 2 is 2.40 bits per heavy atom. The second-order valence-electron chi connectivity index (χ2n) is 4.13. The Hall–Kier alpha value is -0.160. The maximum atomic E-state index is 9.07. The number of hydrogen-bond donors (Lipinski definition) is 2. The molecule has 0 aromatic rings. The molecule has 0 aromatic carbocycles. The minimum Gasteiger partial charge on any atom is -0.395 e. The van der Waals surface area contributed by atoms with Gasteiger partial charge in [0.1, 0.15) is 0 Å². The van der Waals surface area contributed by atoms with Crippen molar-refractivity contribution >= 4 is 0 Å². The Kier molecular flexibility index (Phi) is 6.17. The van der Waals surface area contributed by atoms with E-state index in [-0.39, 0.29) is 12.6 Å². The van der Waals surface area contributed by atoms with Crippen LogP contribution >= 0.6 is 0 Å². The van der Waals surface area contributed by atoms with Crippen LogP contribution < -0.4 is 5.32 Å². The van der Waals surface area contributed by atoms with Crippen LogP contribution in [0.15, 0.2) is 0 Å². The summed E-state index contributed by atoms with van der Waals surface area (Å²) in [6.07, 6.45) is 2.15. The number of nitrogens with one attached hydrogen (secondary N) is 1. The summed E-state index contributed by atoms with van der Waals surface area (Å²) < 4.78 is 5.46. The molecule has 0 bridgehead atoms. The molecule has 2 atom stereocenters. The Bertz CT molecular complexity index is 163. The van der Waals surface area contributed by atoms with Gasteiger partial charge in [0.25, 0.3) is 0 Å². The summed E-state index contributed by atoms with van der Waals surface area (Å²) in [5.41, 5.74) is 0. The van der Waals surface area contributed by atoms with E-state index in [0.29, 0.717) is 6.04 Å². The van der Waals surface area contributed by atoms with Crippen molar-refractivity contribution in [3.8, 4) is 0 Å². The zero-order valence-corrected chi connectivity index (χ0v) is 9.91. The Morgan fingerprint density at radius 3 is 3.00 bits per heavy atom. The van der Waals surface area contributed by atoms with E-state index in [4.69, 9.17) is 9.84 Å². The van der Waals surface area contributed by atoms with Crippen molar-refractivity contribution in [1.29, 1.82) is 0 Å². The van der Waals surface area contributed by atoms with Gasteiger partial charge in [-0.1, -0.05) is 6.92 Å². The molecular formula is C11H24N2O2. The molecule has 1 aliphatic heterocycles. The zero-order chi connectivity index (χ0) is 11.1. The molecule has 1 fully saturated rings. The van der Waals surface area contributed by atoms with Crippen molar-refractivity contribution in [2.24, 2.45) is 0 Å². The second kappa shape index (κ2) is 7.17. The Morgan fingerprint density at radius 1 is 1.60 bits per heavy atom. The lowest BCUT2D eigenvalue weighted by molar-refractivity contribution is -0.0106. The predicted octanol–water partition coefficient (Wildman–Crippen LogP) is 0.0676. The highest BCUT2D eigenvalue weighted by molar-refractivity contribution is 4.76. The highest BCUT2D eigenvalue weighted by atomic mass is 16.5. The average Bonchev–Trinajstić information content (AvgIpc) is 2.31. The van der Waals surface area contributed by atoms with E-state index in [9.17, 15) is 0 Å². The number of likely N-dealkylation sites (N-methyl/N-ethyl adjacent to an activating group) is 1. The van der Waals surface area contributed by atoms with Crippen molar-refractivity contribution in [3.05, 3.63) is 0 Å². The topological polar surface area (TPSA) is 44.7 Å². The Balaban J connectivity index is 2.28. The van der Waals surface area contributed by atoms with Crippen molar-refractivity contribution in [3.63, 3.8) is 0 Å². The summed E-state index contributed by atoms with van der Waals surface area (Å²) in [5.74, 6) is 0. The highest BCUT2D eigenvalue weighted by Gasteiger charge is 2.21. The molecule has 0 amide bonds. The third-order valence-corrected chi connectivity index (χ3v) is 3.21. The molecule has 0 aromatic heterocycles. The largest absolute Gasteiger partial charge is 0.395 e. The first-order chi connectivity index (χ1) is 7.31. The molecule has 0 radical (unpaired) electrons. The molecular weight excluding hydrogens is 192 g/mol. The van der Waals surface area contributed by atoms with Gasteiger partial charge in [-0.15, -0.1) is 0 Å². The Labute approximate surface area is 92.6 Å². The number of morpholine rings is 1. The summed E-state index contributed by atoms with van der Waals surface area (Å²) in [7, 11) is 1.90. The number of rotatable bonds is 6. The number of nitrogens with zero attached hydrogens (tertiary/aromatic N) is 1. The molecule has 4 nitrogen and oxygen atoms in total. The molecule has 0 saturated carbocycles. The van der Waals surface area contributed by atoms with Gasteiger partial charge < -0.3 is 15.2 Å². The number of aliphatic hydroxyl groups excluding tert-OH is 1. The highest BCUT2D eigenvalue weighted by Crippen LogP contribution is 2.11. The van der Waals surface area contributed by atoms with Crippen LogP contribution in [0.25, 0.3) is 0 Å². The van der Waals surface area contributed by atoms with E-state index < -0.39 is 0 Å². The first-order valence-electron chi connectivity index (χ1n) is 5.91. The summed E-state index contributed by atoms with van der Waals surface area (Å²) >= 11 is 0. The normalized spacial score (nSPS) is 25.4. The summed E-state index contributed by atoms with van der Waals surface area (Å²) in [5, 5.41) is 12.2. The van der Waals surface area contributed by atoms with Crippen LogP contribution in [0, 0.1) is 0 Å². The van der Waals surface area contributed by atoms with Gasteiger partial charge in [0.2, 0.25) is 0 Å². The second-order valence-corrected chi connectivity index (χ2v) is 4.13. The first kappa shape index (κ1) is 12.9. The zero-order valence-electron chi connectivity index (χ0n) is 9.91. The van der Waals surface area contributed by atoms with Crippen LogP contribution in [0.2, 0.25) is 0 Å². The van der Waals surface area contributed by atoms with Crippen LogP contribution in [0.5, 0.6) is 0 Å². The number of aliphatic hydroxyl groups is 1. The van der Waals surface area contributed by atoms with Crippen molar-refractivity contribution in [2.45, 2.75) is 31.8 Å². The fourth-order valence-corrected chi connectivity index (χ4v) is 2.01. The molecule has 1 rings (SSSR count). The van der Waals surface area contributed by atoms with Crippen LogP contribution in [0.4, 0.5) is 0 Å². The van der Waals surface area contributed by atoms with Gasteiger partial charge in [-0.25, -0.2) is 0 Å². The van der Waals surface area contributed by atoms with Crippen LogP contribution in [0.1, 0.15) is 19.8 Å². The molecule has 2 unspecified atom stereocenters. The van der Waals surface area contributed by atoms with Crippen molar-refractivity contribution in [2.75, 3.05) is 40.0 Å². The fraction of sp³-hybridized carbons (Fsp3) is 1.00. The molecule has 1 saturated heterocycles. The van der Waals surface area contributed by atoms with Crippen molar-refractivity contribution < 1.29 is 9.84 Å². The van der Waals surface area contributed by atoms with E-state index in [1.807, 2.05) is 7.05 Å². The van der Waals surface area contributed by atoms with Gasteiger partial charge in [-0.2, -0.15) is 0 Å². The van der Waals surface area contributed by atoms with Gasteiger partial charge >= 0.3 is 0 Å². The standard InChI is InChI=1S/C11H24N2O2/c1-3-11-9-15-7-6-13(11)5-4-10(8-14)12-2/h10-12,14H,3-9H2,1-2H3. The monoisotopic (exact) mass is 216 g/mol. The number of hydrogen-bond acceptors (Lipinski definition) is 4. The van der Waals surface area contributed by atoms with Crippen LogP contribution in [-0.2, 0) is 4.74 Å². The minimum atomic E-state index is 0.220. The maximum Gasteiger partial charge on any atom is 0.0622 e. The summed E-state index contributed by atoms with van der Waals surface area (Å²) in [6.45, 7) is 6.21. The van der Waals surface area contributed by atoms with Crippen molar-refractivity contribution in [1.82, 2.24) is 10.2 Å². The first-order valence-corrected chi connectivity index (χ1v) is 5.91. The van der Waals surface area contributed by atoms with E-state index in [1.165, 1.54) is 0 Å². The molecule has 15 heavy (non-hydrogen) atoms. The summed E-state index contributed by atoms with van der Waals surface area (Å²) in [4.78, 5) is 2.48. The minimum absolute atomic E-state index is 0.220. The molecule has 90 valence electrons. The van der Waals surface area contributed by atoms with Gasteiger partial charge in [0.05, 0.1) is 19.8 Å². The molecule has 1 heterocycles. The predicted molar refractivity (Wildman–Crippen MR) is 61.0 cm³/mol. The lowest BCUT2D eigenvalue weighted by atomic mass is 10.1. The lowest BCUT2D eigenvalue weighted by Crippen LogP contribution is -2.47. The SMILES string of the molecule is CCC1COCCN1CCC(CO)NC. The number of ether oxygens (including phenoxy) is 1. The van der Waals surface area contributed by atoms with Gasteiger partial charge in [-0.3, -0.25) is 4.90 Å². The maximum absolute atomic E-state index is 9.07. The third kappa shape index (κ3) is 4.07. The average molecular weight is 216 g/mol. The van der Waals surface area contributed by atoms with Gasteiger partial charge in [0.15, 0.2) is 0 Å². The lowest BCUT2D eigenvalue weighted by Gasteiger charge is -2.35. The molecule has 4 heteroatoms. The van der Waals surface area contributed by atoms with Gasteiger partial charge in [0, 0.05) is 25.2 Å². The summed E-state index contributed by atoms with van der Waals surface area (Å²) in [6, 6.07) is 0.792.